The van der Waals surface area contributed by atoms with Crippen LogP contribution in [-0.4, -0.2) is 20.4 Å². The SMILES string of the molecule is CCn1c(=S)[nH]c2cc(C(=O)NCc3cccnc3)ccc2c1=O. The molecule has 0 spiro atoms. The van der Waals surface area contributed by atoms with Gasteiger partial charge in [0.15, 0.2) is 4.77 Å². The molecule has 0 radical (unpaired) electrons. The molecular formula is C17H16N4O2S. The van der Waals surface area contributed by atoms with Gasteiger partial charge < -0.3 is 10.3 Å². The molecule has 0 bridgehead atoms. The van der Waals surface area contributed by atoms with Gasteiger partial charge in [-0.15, -0.1) is 0 Å². The second-order valence-electron chi connectivity index (χ2n) is 5.28. The number of fused-ring (bicyclic) bond motifs is 1. The number of hydrogen-bond acceptors (Lipinski definition) is 4. The number of pyridine rings is 1. The standard InChI is InChI=1S/C17H16N4O2S/c1-2-21-16(23)13-6-5-12(8-14(13)20-17(21)24)15(22)19-10-11-4-3-7-18-9-11/h3-9H,2,10H2,1H3,(H,19,22)(H,20,24). The Morgan fingerprint density at radius 1 is 1.38 bits per heavy atom. The average molecular weight is 340 g/mol. The van der Waals surface area contributed by atoms with Crippen molar-refractivity contribution in [2.24, 2.45) is 0 Å². The van der Waals surface area contributed by atoms with Gasteiger partial charge in [-0.3, -0.25) is 19.1 Å². The van der Waals surface area contributed by atoms with Crippen LogP contribution in [0.25, 0.3) is 10.9 Å². The molecule has 0 fully saturated rings. The number of carbonyl (C=O) groups is 1. The molecule has 0 aliphatic heterocycles. The third kappa shape index (κ3) is 3.11. The highest BCUT2D eigenvalue weighted by molar-refractivity contribution is 7.71. The van der Waals surface area contributed by atoms with Gasteiger partial charge in [0.1, 0.15) is 0 Å². The van der Waals surface area contributed by atoms with Crippen LogP contribution >= 0.6 is 12.2 Å². The predicted octanol–water partition coefficient (Wildman–Crippen LogP) is 2.40. The number of aromatic nitrogens is 3. The molecule has 0 aliphatic rings. The van der Waals surface area contributed by atoms with Crippen molar-refractivity contribution in [3.63, 3.8) is 0 Å². The van der Waals surface area contributed by atoms with Crippen molar-refractivity contribution in [3.8, 4) is 0 Å². The van der Waals surface area contributed by atoms with Crippen molar-refractivity contribution in [2.75, 3.05) is 0 Å². The van der Waals surface area contributed by atoms with E-state index in [0.29, 0.717) is 34.3 Å². The number of hydrogen-bond donors (Lipinski definition) is 2. The first-order chi connectivity index (χ1) is 11.6. The van der Waals surface area contributed by atoms with Crippen molar-refractivity contribution in [2.45, 2.75) is 20.0 Å². The molecule has 0 saturated carbocycles. The van der Waals surface area contributed by atoms with E-state index < -0.39 is 0 Å². The lowest BCUT2D eigenvalue weighted by molar-refractivity contribution is 0.0951. The molecule has 0 unspecified atom stereocenters. The van der Waals surface area contributed by atoms with Gasteiger partial charge >= 0.3 is 0 Å². The van der Waals surface area contributed by atoms with Gasteiger partial charge in [-0.05, 0) is 49.0 Å². The van der Waals surface area contributed by atoms with E-state index in [1.54, 1.807) is 30.6 Å². The number of benzene rings is 1. The summed E-state index contributed by atoms with van der Waals surface area (Å²) in [6.45, 7) is 2.74. The molecule has 2 aromatic heterocycles. The molecule has 7 heteroatoms. The number of nitrogens with one attached hydrogen (secondary N) is 2. The van der Waals surface area contributed by atoms with E-state index in [2.05, 4.69) is 15.3 Å². The van der Waals surface area contributed by atoms with Crippen LogP contribution in [0.5, 0.6) is 0 Å². The largest absolute Gasteiger partial charge is 0.348 e. The summed E-state index contributed by atoms with van der Waals surface area (Å²) in [6, 6.07) is 8.63. The maximum Gasteiger partial charge on any atom is 0.262 e. The predicted molar refractivity (Wildman–Crippen MR) is 94.5 cm³/mol. The van der Waals surface area contributed by atoms with Crippen molar-refractivity contribution in [1.82, 2.24) is 19.9 Å². The Balaban J connectivity index is 1.89. The zero-order valence-corrected chi connectivity index (χ0v) is 13.9. The van der Waals surface area contributed by atoms with E-state index in [9.17, 15) is 9.59 Å². The van der Waals surface area contributed by atoms with Gasteiger partial charge in [-0.2, -0.15) is 0 Å². The Labute approximate surface area is 143 Å². The maximum absolute atomic E-state index is 12.3. The van der Waals surface area contributed by atoms with Crippen LogP contribution < -0.4 is 10.9 Å². The van der Waals surface area contributed by atoms with Crippen molar-refractivity contribution in [1.29, 1.82) is 0 Å². The fourth-order valence-electron chi connectivity index (χ4n) is 2.47. The van der Waals surface area contributed by atoms with E-state index in [4.69, 9.17) is 12.2 Å². The van der Waals surface area contributed by atoms with Crippen molar-refractivity contribution in [3.05, 3.63) is 69.0 Å². The average Bonchev–Trinajstić information content (AvgIpc) is 2.60. The molecule has 2 heterocycles. The summed E-state index contributed by atoms with van der Waals surface area (Å²) in [4.78, 5) is 31.7. The second-order valence-corrected chi connectivity index (χ2v) is 5.67. The van der Waals surface area contributed by atoms with Gasteiger partial charge in [0.2, 0.25) is 0 Å². The Morgan fingerprint density at radius 3 is 2.92 bits per heavy atom. The number of H-pyrrole nitrogens is 1. The molecule has 0 atom stereocenters. The Morgan fingerprint density at radius 2 is 2.21 bits per heavy atom. The highest BCUT2D eigenvalue weighted by Crippen LogP contribution is 2.11. The smallest absolute Gasteiger partial charge is 0.262 e. The summed E-state index contributed by atoms with van der Waals surface area (Å²) in [7, 11) is 0. The fourth-order valence-corrected chi connectivity index (χ4v) is 2.79. The normalized spacial score (nSPS) is 10.7. The van der Waals surface area contributed by atoms with Crippen LogP contribution in [0.1, 0.15) is 22.8 Å². The zero-order valence-electron chi connectivity index (χ0n) is 13.1. The lowest BCUT2D eigenvalue weighted by Crippen LogP contribution is -2.24. The number of aromatic amines is 1. The van der Waals surface area contributed by atoms with Crippen LogP contribution in [0.3, 0.4) is 0 Å². The molecule has 122 valence electrons. The fraction of sp³-hybridized carbons (Fsp3) is 0.176. The molecule has 3 rings (SSSR count). The van der Waals surface area contributed by atoms with Gasteiger partial charge in [-0.1, -0.05) is 6.07 Å². The molecular weight excluding hydrogens is 324 g/mol. The Bertz CT molecular complexity index is 1010. The molecule has 24 heavy (non-hydrogen) atoms. The molecule has 1 aromatic carbocycles. The minimum atomic E-state index is -0.222. The third-order valence-electron chi connectivity index (χ3n) is 3.74. The molecule has 1 amide bonds. The van der Waals surface area contributed by atoms with E-state index in [1.807, 2.05) is 19.1 Å². The minimum absolute atomic E-state index is 0.154. The molecule has 0 aliphatic carbocycles. The lowest BCUT2D eigenvalue weighted by Gasteiger charge is -2.08. The maximum atomic E-state index is 12.3. The zero-order chi connectivity index (χ0) is 17.1. The van der Waals surface area contributed by atoms with E-state index in [0.717, 1.165) is 5.56 Å². The minimum Gasteiger partial charge on any atom is -0.348 e. The van der Waals surface area contributed by atoms with Crippen molar-refractivity contribution < 1.29 is 4.79 Å². The summed E-state index contributed by atoms with van der Waals surface area (Å²) in [6.07, 6.45) is 3.38. The van der Waals surface area contributed by atoms with Crippen LogP contribution in [0.15, 0.2) is 47.5 Å². The summed E-state index contributed by atoms with van der Waals surface area (Å²) in [5.41, 5.74) is 1.78. The lowest BCUT2D eigenvalue weighted by atomic mass is 10.1. The Kier molecular flexibility index (Phi) is 4.52. The summed E-state index contributed by atoms with van der Waals surface area (Å²) < 4.78 is 1.84. The van der Waals surface area contributed by atoms with Crippen LogP contribution in [0.4, 0.5) is 0 Å². The first kappa shape index (κ1) is 16.1. The third-order valence-corrected chi connectivity index (χ3v) is 4.06. The van der Waals surface area contributed by atoms with Gasteiger partial charge in [0.25, 0.3) is 11.5 Å². The van der Waals surface area contributed by atoms with Crippen LogP contribution in [-0.2, 0) is 13.1 Å². The Hall–Kier alpha value is -2.80. The first-order valence-electron chi connectivity index (χ1n) is 7.54. The number of rotatable bonds is 4. The van der Waals surface area contributed by atoms with Gasteiger partial charge in [-0.25, -0.2) is 0 Å². The van der Waals surface area contributed by atoms with Crippen LogP contribution in [0.2, 0.25) is 0 Å². The highest BCUT2D eigenvalue weighted by Gasteiger charge is 2.09. The molecule has 0 saturated heterocycles. The molecule has 6 nitrogen and oxygen atoms in total. The summed E-state index contributed by atoms with van der Waals surface area (Å²) in [5, 5.41) is 3.34. The number of nitrogens with zero attached hydrogens (tertiary/aromatic N) is 2. The van der Waals surface area contributed by atoms with Crippen LogP contribution in [0, 0.1) is 4.77 Å². The topological polar surface area (TPSA) is 79.8 Å². The number of amides is 1. The molecule has 2 N–H and O–H groups in total. The van der Waals surface area contributed by atoms with Gasteiger partial charge in [0, 0.05) is 31.0 Å². The van der Waals surface area contributed by atoms with Crippen molar-refractivity contribution >= 4 is 29.0 Å². The van der Waals surface area contributed by atoms with Gasteiger partial charge in [0.05, 0.1) is 10.9 Å². The molecule has 3 aromatic rings. The summed E-state index contributed by atoms with van der Waals surface area (Å²) >= 11 is 5.19. The first-order valence-corrected chi connectivity index (χ1v) is 7.95. The second kappa shape index (κ2) is 6.76. The highest BCUT2D eigenvalue weighted by atomic mass is 32.1. The van der Waals surface area contributed by atoms with E-state index in [-0.39, 0.29) is 11.5 Å². The quantitative estimate of drug-likeness (QED) is 0.715. The number of carbonyl (C=O) groups excluding carboxylic acids is 1. The van der Waals surface area contributed by atoms with E-state index >= 15 is 0 Å². The summed E-state index contributed by atoms with van der Waals surface area (Å²) in [5.74, 6) is -0.222. The van der Waals surface area contributed by atoms with E-state index in [1.165, 1.54) is 4.57 Å². The monoisotopic (exact) mass is 340 g/mol.